The Bertz CT molecular complexity index is 545. The van der Waals surface area contributed by atoms with Gasteiger partial charge in [-0.2, -0.15) is 18.3 Å². The van der Waals surface area contributed by atoms with Gasteiger partial charge in [0.25, 0.3) is 0 Å². The molecule has 0 aromatic carbocycles. The molecular weight excluding hydrogens is 233 g/mol. The SMILES string of the molecule is Cc1cnc(-n2cc(C(F)(F)F)cn2)c(N)c1. The first kappa shape index (κ1) is 11.4. The van der Waals surface area contributed by atoms with E-state index in [1.165, 1.54) is 6.20 Å². The van der Waals surface area contributed by atoms with Crippen LogP contribution in [-0.2, 0) is 6.18 Å². The molecule has 2 N–H and O–H groups in total. The largest absolute Gasteiger partial charge is 0.419 e. The molecule has 2 aromatic rings. The number of aromatic nitrogens is 3. The van der Waals surface area contributed by atoms with Crippen molar-refractivity contribution in [3.8, 4) is 5.82 Å². The summed E-state index contributed by atoms with van der Waals surface area (Å²) in [5.74, 6) is 0.186. The molecule has 0 spiro atoms. The van der Waals surface area contributed by atoms with Gasteiger partial charge in [0.15, 0.2) is 5.82 Å². The van der Waals surface area contributed by atoms with Gasteiger partial charge in [-0.1, -0.05) is 0 Å². The summed E-state index contributed by atoms with van der Waals surface area (Å²) >= 11 is 0. The van der Waals surface area contributed by atoms with Crippen molar-refractivity contribution < 1.29 is 13.2 Å². The standard InChI is InChI=1S/C10H9F3N4/c1-6-2-8(14)9(15-3-6)17-5-7(4-16-17)10(11,12)13/h2-5H,14H2,1H3. The summed E-state index contributed by atoms with van der Waals surface area (Å²) < 4.78 is 38.1. The Balaban J connectivity index is 2.44. The van der Waals surface area contributed by atoms with Crippen molar-refractivity contribution in [1.82, 2.24) is 14.8 Å². The number of hydrogen-bond donors (Lipinski definition) is 1. The van der Waals surface area contributed by atoms with Crippen LogP contribution in [0.2, 0.25) is 0 Å². The van der Waals surface area contributed by atoms with Crippen molar-refractivity contribution in [1.29, 1.82) is 0 Å². The van der Waals surface area contributed by atoms with Gasteiger partial charge in [0, 0.05) is 12.4 Å². The van der Waals surface area contributed by atoms with E-state index in [1.807, 2.05) is 0 Å². The molecule has 2 aromatic heterocycles. The molecule has 0 saturated heterocycles. The second kappa shape index (κ2) is 3.76. The van der Waals surface area contributed by atoms with Gasteiger partial charge in [0.05, 0.1) is 17.4 Å². The van der Waals surface area contributed by atoms with Crippen LogP contribution in [0.25, 0.3) is 5.82 Å². The van der Waals surface area contributed by atoms with Crippen LogP contribution >= 0.6 is 0 Å². The quantitative estimate of drug-likeness (QED) is 0.833. The highest BCUT2D eigenvalue weighted by Crippen LogP contribution is 2.29. The molecule has 0 aliphatic carbocycles. The Morgan fingerprint density at radius 3 is 2.53 bits per heavy atom. The fourth-order valence-corrected chi connectivity index (χ4v) is 1.36. The van der Waals surface area contributed by atoms with E-state index in [1.54, 1.807) is 13.0 Å². The molecule has 0 saturated carbocycles. The van der Waals surface area contributed by atoms with E-state index in [0.717, 1.165) is 22.6 Å². The maximum Gasteiger partial charge on any atom is 0.419 e. The van der Waals surface area contributed by atoms with Crippen LogP contribution in [-0.4, -0.2) is 14.8 Å². The maximum absolute atomic E-state index is 12.4. The van der Waals surface area contributed by atoms with Gasteiger partial charge in [-0.25, -0.2) is 9.67 Å². The molecule has 0 radical (unpaired) electrons. The van der Waals surface area contributed by atoms with E-state index in [9.17, 15) is 13.2 Å². The lowest BCUT2D eigenvalue weighted by molar-refractivity contribution is -0.137. The summed E-state index contributed by atoms with van der Waals surface area (Å²) in [7, 11) is 0. The van der Waals surface area contributed by atoms with Gasteiger partial charge < -0.3 is 5.73 Å². The van der Waals surface area contributed by atoms with Crippen molar-refractivity contribution in [2.24, 2.45) is 0 Å². The lowest BCUT2D eigenvalue weighted by Crippen LogP contribution is -2.05. The average molecular weight is 242 g/mol. The predicted molar refractivity (Wildman–Crippen MR) is 55.5 cm³/mol. The van der Waals surface area contributed by atoms with Crippen molar-refractivity contribution in [3.63, 3.8) is 0 Å². The number of nitrogens with two attached hydrogens (primary N) is 1. The van der Waals surface area contributed by atoms with E-state index in [0.29, 0.717) is 0 Å². The van der Waals surface area contributed by atoms with Gasteiger partial charge in [-0.15, -0.1) is 0 Å². The third-order valence-corrected chi connectivity index (χ3v) is 2.16. The first-order valence-corrected chi connectivity index (χ1v) is 4.72. The molecule has 4 nitrogen and oxygen atoms in total. The molecule has 0 atom stereocenters. The number of halogens is 3. The maximum atomic E-state index is 12.4. The number of alkyl halides is 3. The molecule has 17 heavy (non-hydrogen) atoms. The number of pyridine rings is 1. The van der Waals surface area contributed by atoms with Crippen LogP contribution in [0.15, 0.2) is 24.7 Å². The summed E-state index contributed by atoms with van der Waals surface area (Å²) in [5.41, 5.74) is 5.94. The summed E-state index contributed by atoms with van der Waals surface area (Å²) in [5, 5.41) is 3.60. The second-order valence-electron chi connectivity index (χ2n) is 3.60. The number of hydrogen-bond acceptors (Lipinski definition) is 3. The molecule has 0 aliphatic heterocycles. The molecule has 0 amide bonds. The Morgan fingerprint density at radius 1 is 1.29 bits per heavy atom. The van der Waals surface area contributed by atoms with Crippen molar-refractivity contribution in [2.45, 2.75) is 13.1 Å². The molecule has 0 unspecified atom stereocenters. The molecule has 2 heterocycles. The van der Waals surface area contributed by atoms with Crippen LogP contribution < -0.4 is 5.73 Å². The van der Waals surface area contributed by atoms with Gasteiger partial charge in [0.2, 0.25) is 0 Å². The Labute approximate surface area is 94.9 Å². The van der Waals surface area contributed by atoms with E-state index in [2.05, 4.69) is 10.1 Å². The number of aryl methyl sites for hydroxylation is 1. The fraction of sp³-hybridized carbons (Fsp3) is 0.200. The average Bonchev–Trinajstić information content (AvgIpc) is 2.65. The fourth-order valence-electron chi connectivity index (χ4n) is 1.36. The second-order valence-corrected chi connectivity index (χ2v) is 3.60. The minimum Gasteiger partial charge on any atom is -0.396 e. The zero-order valence-electron chi connectivity index (χ0n) is 8.86. The summed E-state index contributed by atoms with van der Waals surface area (Å²) in [6.45, 7) is 1.79. The van der Waals surface area contributed by atoms with E-state index < -0.39 is 11.7 Å². The monoisotopic (exact) mass is 242 g/mol. The van der Waals surface area contributed by atoms with Crippen LogP contribution in [0.5, 0.6) is 0 Å². The number of anilines is 1. The first-order chi connectivity index (χ1) is 7.88. The topological polar surface area (TPSA) is 56.7 Å². The Morgan fingerprint density at radius 2 is 2.00 bits per heavy atom. The summed E-state index contributed by atoms with van der Waals surface area (Å²) in [6.07, 6.45) is -1.31. The highest BCUT2D eigenvalue weighted by molar-refractivity contribution is 5.53. The highest BCUT2D eigenvalue weighted by Gasteiger charge is 2.32. The van der Waals surface area contributed by atoms with Crippen LogP contribution in [0, 0.1) is 6.92 Å². The summed E-state index contributed by atoms with van der Waals surface area (Å²) in [6, 6.07) is 1.62. The minimum absolute atomic E-state index is 0.186. The number of nitrogen functional groups attached to an aromatic ring is 1. The smallest absolute Gasteiger partial charge is 0.396 e. The van der Waals surface area contributed by atoms with Crippen LogP contribution in [0.3, 0.4) is 0 Å². The molecule has 0 bridgehead atoms. The van der Waals surface area contributed by atoms with E-state index in [4.69, 9.17) is 5.73 Å². The molecule has 2 rings (SSSR count). The lowest BCUT2D eigenvalue weighted by Gasteiger charge is -2.05. The van der Waals surface area contributed by atoms with Crippen molar-refractivity contribution in [2.75, 3.05) is 5.73 Å². The summed E-state index contributed by atoms with van der Waals surface area (Å²) in [4.78, 5) is 3.95. The molecule has 7 heteroatoms. The zero-order valence-corrected chi connectivity index (χ0v) is 8.86. The van der Waals surface area contributed by atoms with Crippen molar-refractivity contribution in [3.05, 3.63) is 35.8 Å². The van der Waals surface area contributed by atoms with Crippen LogP contribution in [0.1, 0.15) is 11.1 Å². The molecule has 90 valence electrons. The molecule has 0 fully saturated rings. The van der Waals surface area contributed by atoms with E-state index >= 15 is 0 Å². The van der Waals surface area contributed by atoms with Crippen LogP contribution in [0.4, 0.5) is 18.9 Å². The van der Waals surface area contributed by atoms with Gasteiger partial charge in [-0.3, -0.25) is 0 Å². The number of nitrogens with zero attached hydrogens (tertiary/aromatic N) is 3. The molecular formula is C10H9F3N4. The molecule has 0 aliphatic rings. The van der Waals surface area contributed by atoms with Crippen molar-refractivity contribution >= 4 is 5.69 Å². The Hall–Kier alpha value is -2.05. The third kappa shape index (κ3) is 2.22. The lowest BCUT2D eigenvalue weighted by atomic mass is 10.3. The highest BCUT2D eigenvalue weighted by atomic mass is 19.4. The third-order valence-electron chi connectivity index (χ3n) is 2.16. The number of rotatable bonds is 1. The van der Waals surface area contributed by atoms with Gasteiger partial charge >= 0.3 is 6.18 Å². The van der Waals surface area contributed by atoms with Gasteiger partial charge in [-0.05, 0) is 18.6 Å². The zero-order chi connectivity index (χ0) is 12.6. The Kier molecular flexibility index (Phi) is 2.53. The van der Waals surface area contributed by atoms with Gasteiger partial charge in [0.1, 0.15) is 0 Å². The predicted octanol–water partition coefficient (Wildman–Crippen LogP) is 2.18. The minimum atomic E-state index is -4.42. The first-order valence-electron chi connectivity index (χ1n) is 4.72. The van der Waals surface area contributed by atoms with E-state index in [-0.39, 0.29) is 11.5 Å². The normalized spacial score (nSPS) is 11.8.